The van der Waals surface area contributed by atoms with Crippen molar-refractivity contribution in [3.05, 3.63) is 47.1 Å². The lowest BCUT2D eigenvalue weighted by atomic mass is 9.85. The van der Waals surface area contributed by atoms with Gasteiger partial charge in [-0.1, -0.05) is 49.3 Å². The van der Waals surface area contributed by atoms with Gasteiger partial charge >= 0.3 is 0 Å². The second kappa shape index (κ2) is 8.11. The average molecular weight is 354 g/mol. The fraction of sp³-hybridized carbons (Fsp3) is 0.522. The number of aromatic hydroxyl groups is 1. The zero-order valence-electron chi connectivity index (χ0n) is 16.2. The fourth-order valence-electron chi connectivity index (χ4n) is 3.90. The molecule has 3 nitrogen and oxygen atoms in total. The molecule has 1 aromatic rings. The highest BCUT2D eigenvalue weighted by Crippen LogP contribution is 2.49. The Hall–Kier alpha value is -2.03. The summed E-state index contributed by atoms with van der Waals surface area (Å²) in [5.74, 6) is 2.21. The van der Waals surface area contributed by atoms with Crippen LogP contribution in [0, 0.1) is 24.7 Å². The average Bonchev–Trinajstić information content (AvgIpc) is 3.35. The number of allylic oxidation sites excluding steroid dienone is 4. The van der Waals surface area contributed by atoms with Gasteiger partial charge in [-0.25, -0.2) is 0 Å². The second-order valence-corrected chi connectivity index (χ2v) is 8.25. The molecule has 140 valence electrons. The molecule has 1 fully saturated rings. The summed E-state index contributed by atoms with van der Waals surface area (Å²) in [6.07, 6.45) is 10.9. The van der Waals surface area contributed by atoms with Gasteiger partial charge in [0.2, 0.25) is 5.91 Å². The van der Waals surface area contributed by atoms with E-state index in [1.807, 2.05) is 13.0 Å². The first kappa shape index (κ1) is 18.8. The summed E-state index contributed by atoms with van der Waals surface area (Å²) in [7, 11) is 0. The van der Waals surface area contributed by atoms with E-state index in [1.165, 1.54) is 31.3 Å². The fourth-order valence-corrected chi connectivity index (χ4v) is 3.90. The van der Waals surface area contributed by atoms with Crippen LogP contribution in [0.4, 0.5) is 5.69 Å². The lowest BCUT2D eigenvalue weighted by molar-refractivity contribution is -0.116. The van der Waals surface area contributed by atoms with Crippen LogP contribution < -0.4 is 5.32 Å². The molecular weight excluding hydrogens is 322 g/mol. The molecule has 3 rings (SSSR count). The number of benzene rings is 1. The minimum absolute atomic E-state index is 0.0272. The number of phenolic OH excluding ortho intramolecular Hbond substituents is 1. The molecule has 0 aromatic heterocycles. The Bertz CT molecular complexity index is 705. The van der Waals surface area contributed by atoms with Crippen molar-refractivity contribution in [3.63, 3.8) is 0 Å². The van der Waals surface area contributed by atoms with Crippen LogP contribution in [0.2, 0.25) is 0 Å². The monoisotopic (exact) mass is 353 g/mol. The van der Waals surface area contributed by atoms with Crippen LogP contribution in [0.3, 0.4) is 0 Å². The lowest BCUT2D eigenvalue weighted by Gasteiger charge is -2.20. The Morgan fingerprint density at radius 3 is 2.50 bits per heavy atom. The van der Waals surface area contributed by atoms with E-state index in [0.717, 1.165) is 23.8 Å². The van der Waals surface area contributed by atoms with Crippen LogP contribution in [-0.4, -0.2) is 11.0 Å². The molecule has 0 bridgehead atoms. The highest BCUT2D eigenvalue weighted by atomic mass is 16.3. The van der Waals surface area contributed by atoms with Gasteiger partial charge in [-0.3, -0.25) is 4.79 Å². The molecule has 0 aliphatic heterocycles. The number of hydrogen-bond acceptors (Lipinski definition) is 2. The molecule has 2 N–H and O–H groups in total. The summed E-state index contributed by atoms with van der Waals surface area (Å²) in [5.41, 5.74) is 4.42. The van der Waals surface area contributed by atoms with E-state index in [0.29, 0.717) is 18.0 Å². The highest BCUT2D eigenvalue weighted by molar-refractivity contribution is 5.93. The Morgan fingerprint density at radius 2 is 1.88 bits per heavy atom. The lowest BCUT2D eigenvalue weighted by Crippen LogP contribution is -2.14. The maximum atomic E-state index is 12.4. The van der Waals surface area contributed by atoms with Crippen LogP contribution in [0.5, 0.6) is 5.75 Å². The number of anilines is 1. The molecule has 0 radical (unpaired) electrons. The summed E-state index contributed by atoms with van der Waals surface area (Å²) in [4.78, 5) is 12.4. The van der Waals surface area contributed by atoms with Crippen LogP contribution in [0.15, 0.2) is 41.5 Å². The van der Waals surface area contributed by atoms with Crippen molar-refractivity contribution in [3.8, 4) is 5.75 Å². The topological polar surface area (TPSA) is 49.3 Å². The Kier molecular flexibility index (Phi) is 5.85. The quantitative estimate of drug-likeness (QED) is 0.585. The number of rotatable bonds is 8. The van der Waals surface area contributed by atoms with Crippen molar-refractivity contribution in [1.82, 2.24) is 0 Å². The first-order chi connectivity index (χ1) is 12.5. The van der Waals surface area contributed by atoms with Gasteiger partial charge in [0.25, 0.3) is 0 Å². The second-order valence-electron chi connectivity index (χ2n) is 8.25. The molecule has 1 saturated carbocycles. The molecule has 1 amide bonds. The molecule has 1 aromatic carbocycles. The molecule has 1 unspecified atom stereocenters. The van der Waals surface area contributed by atoms with Gasteiger partial charge in [0.1, 0.15) is 5.75 Å². The normalized spacial score (nSPS) is 19.5. The molecule has 0 spiro atoms. The van der Waals surface area contributed by atoms with Crippen molar-refractivity contribution >= 4 is 11.6 Å². The van der Waals surface area contributed by atoms with E-state index < -0.39 is 0 Å². The Labute approximate surface area is 157 Å². The largest absolute Gasteiger partial charge is 0.506 e. The first-order valence-corrected chi connectivity index (χ1v) is 9.93. The van der Waals surface area contributed by atoms with E-state index >= 15 is 0 Å². The Morgan fingerprint density at radius 1 is 1.19 bits per heavy atom. The zero-order valence-corrected chi connectivity index (χ0v) is 16.2. The molecule has 3 heteroatoms. The summed E-state index contributed by atoms with van der Waals surface area (Å²) in [6, 6.07) is 5.29. The molecule has 1 atom stereocenters. The Balaban J connectivity index is 1.55. The van der Waals surface area contributed by atoms with Crippen molar-refractivity contribution in [2.75, 3.05) is 5.32 Å². The number of carbonyl (C=O) groups is 1. The number of carbonyl (C=O) groups excluding carboxylic acids is 1. The van der Waals surface area contributed by atoms with Crippen molar-refractivity contribution in [2.24, 2.45) is 17.8 Å². The molecule has 0 heterocycles. The van der Waals surface area contributed by atoms with E-state index in [1.54, 1.807) is 17.7 Å². The molecule has 26 heavy (non-hydrogen) atoms. The van der Waals surface area contributed by atoms with Crippen LogP contribution in [0.25, 0.3) is 0 Å². The van der Waals surface area contributed by atoms with E-state index in [-0.39, 0.29) is 11.7 Å². The van der Waals surface area contributed by atoms with E-state index in [2.05, 4.69) is 31.3 Å². The number of nitrogens with one attached hydrogen (secondary N) is 1. The van der Waals surface area contributed by atoms with Gasteiger partial charge in [-0.2, -0.15) is 0 Å². The summed E-state index contributed by atoms with van der Waals surface area (Å²) in [6.45, 7) is 6.45. The maximum Gasteiger partial charge on any atom is 0.224 e. The van der Waals surface area contributed by atoms with Crippen LogP contribution >= 0.6 is 0 Å². The number of phenols is 1. The van der Waals surface area contributed by atoms with E-state index in [9.17, 15) is 9.90 Å². The third-order valence-electron chi connectivity index (χ3n) is 5.57. The molecular formula is C23H31NO2. The number of amides is 1. The molecule has 2 aliphatic carbocycles. The van der Waals surface area contributed by atoms with Gasteiger partial charge in [0, 0.05) is 12.3 Å². The zero-order chi connectivity index (χ0) is 18.7. The minimum atomic E-state index is -0.0272. The minimum Gasteiger partial charge on any atom is -0.506 e. The van der Waals surface area contributed by atoms with Gasteiger partial charge in [-0.05, 0) is 62.5 Å². The maximum absolute atomic E-state index is 12.4. The van der Waals surface area contributed by atoms with Crippen molar-refractivity contribution in [1.29, 1.82) is 0 Å². The standard InChI is InChI=1S/C23H31NO2/c1-15(2)7-8-17-9-12-19(22(17)18-10-11-18)13-14-21(26)24-23-16(3)5-4-6-20(23)25/h4-6,9,12,15,18,22,25H,7-8,10-11,13-14H2,1-3H3,(H,24,26). The summed E-state index contributed by atoms with van der Waals surface area (Å²) >= 11 is 0. The highest BCUT2D eigenvalue weighted by Gasteiger charge is 2.37. The van der Waals surface area contributed by atoms with Gasteiger partial charge in [-0.15, -0.1) is 0 Å². The molecule has 2 aliphatic rings. The van der Waals surface area contributed by atoms with Crippen LogP contribution in [-0.2, 0) is 4.79 Å². The third-order valence-corrected chi connectivity index (χ3v) is 5.57. The van der Waals surface area contributed by atoms with Gasteiger partial charge < -0.3 is 10.4 Å². The number of aryl methyl sites for hydroxylation is 1. The number of para-hydroxylation sites is 1. The third kappa shape index (κ3) is 4.57. The van der Waals surface area contributed by atoms with Crippen molar-refractivity contribution in [2.45, 2.75) is 59.3 Å². The predicted molar refractivity (Wildman–Crippen MR) is 107 cm³/mol. The van der Waals surface area contributed by atoms with E-state index in [4.69, 9.17) is 0 Å². The number of hydrogen-bond donors (Lipinski definition) is 2. The van der Waals surface area contributed by atoms with Crippen LogP contribution in [0.1, 0.15) is 57.9 Å². The van der Waals surface area contributed by atoms with Crippen molar-refractivity contribution < 1.29 is 9.90 Å². The summed E-state index contributed by atoms with van der Waals surface area (Å²) in [5, 5.41) is 12.8. The SMILES string of the molecule is Cc1cccc(O)c1NC(=O)CCC1=CC=C(CCC(C)C)C1C1CC1. The molecule has 0 saturated heterocycles. The summed E-state index contributed by atoms with van der Waals surface area (Å²) < 4.78 is 0. The first-order valence-electron chi connectivity index (χ1n) is 9.93. The van der Waals surface area contributed by atoms with Gasteiger partial charge in [0.05, 0.1) is 5.69 Å². The predicted octanol–water partition coefficient (Wildman–Crippen LogP) is 5.75. The van der Waals surface area contributed by atoms with Gasteiger partial charge in [0.15, 0.2) is 0 Å². The smallest absolute Gasteiger partial charge is 0.224 e.